The van der Waals surface area contributed by atoms with E-state index in [-0.39, 0.29) is 0 Å². The van der Waals surface area contributed by atoms with Crippen molar-refractivity contribution in [3.05, 3.63) is 0 Å². The van der Waals surface area contributed by atoms with E-state index in [1.807, 2.05) is 7.11 Å². The van der Waals surface area contributed by atoms with Crippen molar-refractivity contribution in [2.45, 2.75) is 43.1 Å². The Morgan fingerprint density at radius 3 is 2.62 bits per heavy atom. The predicted molar refractivity (Wildman–Crippen MR) is 74.6 cm³/mol. The zero-order valence-corrected chi connectivity index (χ0v) is 11.7. The van der Waals surface area contributed by atoms with Crippen molar-refractivity contribution in [3.63, 3.8) is 0 Å². The first-order valence-corrected chi connectivity index (χ1v) is 8.54. The highest BCUT2D eigenvalue weighted by molar-refractivity contribution is 8.06. The maximum atomic E-state index is 5.40. The molecule has 0 aromatic carbocycles. The van der Waals surface area contributed by atoms with E-state index in [1.54, 1.807) is 0 Å². The van der Waals surface area contributed by atoms with Crippen molar-refractivity contribution in [2.24, 2.45) is 0 Å². The van der Waals surface area contributed by atoms with Crippen LogP contribution in [0.2, 0.25) is 0 Å². The van der Waals surface area contributed by atoms with Crippen molar-refractivity contribution < 1.29 is 4.74 Å². The van der Waals surface area contributed by atoms with Gasteiger partial charge < -0.3 is 10.1 Å². The Morgan fingerprint density at radius 2 is 2.00 bits per heavy atom. The van der Waals surface area contributed by atoms with E-state index >= 15 is 0 Å². The fraction of sp³-hybridized carbons (Fsp3) is 1.00. The highest BCUT2D eigenvalue weighted by Gasteiger charge is 2.22. The molecule has 0 radical (unpaired) electrons. The van der Waals surface area contributed by atoms with Gasteiger partial charge in [0.05, 0.1) is 6.10 Å². The SMILES string of the molecule is COC1CCC(NCC2CSCCS2)CC1. The molecular weight excluding hydrogens is 238 g/mol. The Labute approximate surface area is 108 Å². The van der Waals surface area contributed by atoms with Crippen LogP contribution in [0, 0.1) is 0 Å². The van der Waals surface area contributed by atoms with Gasteiger partial charge in [0.2, 0.25) is 0 Å². The van der Waals surface area contributed by atoms with Gasteiger partial charge in [-0.25, -0.2) is 0 Å². The van der Waals surface area contributed by atoms with Crippen LogP contribution >= 0.6 is 23.5 Å². The lowest BCUT2D eigenvalue weighted by Crippen LogP contribution is -2.39. The van der Waals surface area contributed by atoms with E-state index < -0.39 is 0 Å². The van der Waals surface area contributed by atoms with Gasteiger partial charge in [-0.3, -0.25) is 0 Å². The summed E-state index contributed by atoms with van der Waals surface area (Å²) >= 11 is 4.26. The second-order valence-corrected chi connectivity index (χ2v) is 7.24. The number of hydrogen-bond acceptors (Lipinski definition) is 4. The smallest absolute Gasteiger partial charge is 0.0572 e. The molecule has 4 heteroatoms. The lowest BCUT2D eigenvalue weighted by Gasteiger charge is -2.30. The molecule has 0 aromatic heterocycles. The molecule has 94 valence electrons. The Kier molecular flexibility index (Phi) is 5.83. The summed E-state index contributed by atoms with van der Waals surface area (Å²) in [5.41, 5.74) is 0. The molecule has 1 saturated heterocycles. The number of methoxy groups -OCH3 is 1. The Balaban J connectivity index is 1.59. The maximum absolute atomic E-state index is 5.40. The molecule has 0 amide bonds. The number of thioether (sulfide) groups is 2. The molecule has 2 rings (SSSR count). The van der Waals surface area contributed by atoms with E-state index in [9.17, 15) is 0 Å². The molecule has 0 spiro atoms. The van der Waals surface area contributed by atoms with Gasteiger partial charge in [0.15, 0.2) is 0 Å². The van der Waals surface area contributed by atoms with Gasteiger partial charge in [0, 0.05) is 42.2 Å². The molecule has 1 unspecified atom stereocenters. The van der Waals surface area contributed by atoms with Crippen LogP contribution in [0.1, 0.15) is 25.7 Å². The van der Waals surface area contributed by atoms with Gasteiger partial charge in [-0.1, -0.05) is 0 Å². The van der Waals surface area contributed by atoms with Crippen molar-refractivity contribution in [1.29, 1.82) is 0 Å². The van der Waals surface area contributed by atoms with Crippen molar-refractivity contribution >= 4 is 23.5 Å². The first-order valence-electron chi connectivity index (χ1n) is 6.34. The van der Waals surface area contributed by atoms with Gasteiger partial charge in [0.1, 0.15) is 0 Å². The Hall–Kier alpha value is 0.620. The first-order chi connectivity index (χ1) is 7.88. The third kappa shape index (κ3) is 4.13. The third-order valence-electron chi connectivity index (χ3n) is 3.53. The van der Waals surface area contributed by atoms with Crippen LogP contribution in [0.25, 0.3) is 0 Å². The van der Waals surface area contributed by atoms with Crippen LogP contribution in [0.4, 0.5) is 0 Å². The zero-order chi connectivity index (χ0) is 11.2. The Bertz CT molecular complexity index is 189. The summed E-state index contributed by atoms with van der Waals surface area (Å²) < 4.78 is 5.40. The predicted octanol–water partition coefficient (Wildman–Crippen LogP) is 2.38. The summed E-state index contributed by atoms with van der Waals surface area (Å²) in [7, 11) is 1.84. The summed E-state index contributed by atoms with van der Waals surface area (Å²) in [6.45, 7) is 1.21. The molecule has 2 nitrogen and oxygen atoms in total. The van der Waals surface area contributed by atoms with Crippen LogP contribution < -0.4 is 5.32 Å². The molecule has 2 aliphatic rings. The molecule has 0 aromatic rings. The summed E-state index contributed by atoms with van der Waals surface area (Å²) in [5, 5.41) is 4.59. The van der Waals surface area contributed by atoms with E-state index in [0.29, 0.717) is 6.10 Å². The monoisotopic (exact) mass is 261 g/mol. The van der Waals surface area contributed by atoms with Crippen LogP contribution in [-0.2, 0) is 4.74 Å². The third-order valence-corrected chi connectivity index (χ3v) is 6.37. The van der Waals surface area contributed by atoms with E-state index in [1.165, 1.54) is 49.5 Å². The fourth-order valence-electron chi connectivity index (χ4n) is 2.46. The molecule has 2 fully saturated rings. The number of hydrogen-bond donors (Lipinski definition) is 1. The molecule has 1 aliphatic heterocycles. The largest absolute Gasteiger partial charge is 0.381 e. The average Bonchev–Trinajstić information content (AvgIpc) is 2.38. The molecule has 1 heterocycles. The van der Waals surface area contributed by atoms with Crippen LogP contribution in [0.3, 0.4) is 0 Å². The number of rotatable bonds is 4. The molecule has 0 bridgehead atoms. The minimum atomic E-state index is 0.526. The van der Waals surface area contributed by atoms with Gasteiger partial charge >= 0.3 is 0 Å². The highest BCUT2D eigenvalue weighted by atomic mass is 32.2. The van der Waals surface area contributed by atoms with Crippen LogP contribution in [0.5, 0.6) is 0 Å². The van der Waals surface area contributed by atoms with Gasteiger partial charge in [0.25, 0.3) is 0 Å². The normalized spacial score (nSPS) is 36.2. The summed E-state index contributed by atoms with van der Waals surface area (Å²) in [6.07, 6.45) is 5.59. The minimum Gasteiger partial charge on any atom is -0.381 e. The summed E-state index contributed by atoms with van der Waals surface area (Å²) in [6, 6.07) is 0.749. The highest BCUT2D eigenvalue weighted by Crippen LogP contribution is 2.25. The van der Waals surface area contributed by atoms with Crippen LogP contribution in [0.15, 0.2) is 0 Å². The topological polar surface area (TPSA) is 21.3 Å². The van der Waals surface area contributed by atoms with Gasteiger partial charge in [-0.05, 0) is 25.7 Å². The van der Waals surface area contributed by atoms with E-state index in [0.717, 1.165) is 11.3 Å². The molecule has 1 atom stereocenters. The fourth-order valence-corrected chi connectivity index (χ4v) is 5.08. The lowest BCUT2D eigenvalue weighted by molar-refractivity contribution is 0.0627. The number of ether oxygens (including phenoxy) is 1. The summed E-state index contributed by atoms with van der Waals surface area (Å²) in [5.74, 6) is 4.03. The molecule has 1 saturated carbocycles. The van der Waals surface area contributed by atoms with Gasteiger partial charge in [-0.2, -0.15) is 23.5 Å². The van der Waals surface area contributed by atoms with Crippen molar-refractivity contribution in [2.75, 3.05) is 30.9 Å². The lowest BCUT2D eigenvalue weighted by atomic mass is 9.93. The molecule has 1 N–H and O–H groups in total. The second kappa shape index (κ2) is 7.14. The first kappa shape index (κ1) is 13.1. The van der Waals surface area contributed by atoms with Crippen molar-refractivity contribution in [1.82, 2.24) is 5.32 Å². The summed E-state index contributed by atoms with van der Waals surface area (Å²) in [4.78, 5) is 0. The average molecular weight is 261 g/mol. The molecule has 1 aliphatic carbocycles. The van der Waals surface area contributed by atoms with Crippen LogP contribution in [-0.4, -0.2) is 48.3 Å². The van der Waals surface area contributed by atoms with E-state index in [2.05, 4.69) is 28.8 Å². The molecule has 16 heavy (non-hydrogen) atoms. The molecular formula is C12H23NOS2. The minimum absolute atomic E-state index is 0.526. The second-order valence-electron chi connectivity index (χ2n) is 4.69. The number of nitrogens with one attached hydrogen (secondary N) is 1. The van der Waals surface area contributed by atoms with Crippen molar-refractivity contribution in [3.8, 4) is 0 Å². The Morgan fingerprint density at radius 1 is 1.19 bits per heavy atom. The quantitative estimate of drug-likeness (QED) is 0.838. The van der Waals surface area contributed by atoms with Gasteiger partial charge in [-0.15, -0.1) is 0 Å². The van der Waals surface area contributed by atoms with E-state index in [4.69, 9.17) is 4.74 Å². The zero-order valence-electron chi connectivity index (χ0n) is 10.1. The standard InChI is InChI=1S/C12H23NOS2/c1-14-11-4-2-10(3-5-11)13-8-12-9-15-6-7-16-12/h10-13H,2-9H2,1H3. The maximum Gasteiger partial charge on any atom is 0.0572 e.